The number of carboxylic acid groups (broad SMARTS) is 1. The number of aliphatic carboxylic acids is 1. The lowest BCUT2D eigenvalue weighted by Gasteiger charge is -2.11. The summed E-state index contributed by atoms with van der Waals surface area (Å²) in [7, 11) is 1.82. The number of carbonyl (C=O) groups excluding carboxylic acids is 1. The molecule has 2 aromatic rings. The number of nitrogens with one attached hydrogen (secondary N) is 1. The summed E-state index contributed by atoms with van der Waals surface area (Å²) in [5.74, 6) is -1.41. The first-order valence-corrected chi connectivity index (χ1v) is 7.33. The van der Waals surface area contributed by atoms with E-state index >= 15 is 0 Å². The van der Waals surface area contributed by atoms with Gasteiger partial charge in [0.05, 0.1) is 10.6 Å². The first kappa shape index (κ1) is 15.2. The third-order valence-corrected chi connectivity index (χ3v) is 4.33. The van der Waals surface area contributed by atoms with Gasteiger partial charge in [0.15, 0.2) is 0 Å². The fourth-order valence-corrected chi connectivity index (χ4v) is 3.07. The van der Waals surface area contributed by atoms with Crippen LogP contribution in [0.2, 0.25) is 0 Å². The molecule has 0 aromatic carbocycles. The van der Waals surface area contributed by atoms with Crippen molar-refractivity contribution in [1.82, 2.24) is 15.1 Å². The second kappa shape index (κ2) is 6.09. The Labute approximate surface area is 126 Å². The Morgan fingerprint density at radius 3 is 2.86 bits per heavy atom. The Morgan fingerprint density at radius 2 is 2.29 bits per heavy atom. The predicted molar refractivity (Wildman–Crippen MR) is 81.6 cm³/mol. The van der Waals surface area contributed by atoms with Gasteiger partial charge in [0, 0.05) is 12.4 Å². The molecular formula is C14H17N3O3S. The van der Waals surface area contributed by atoms with E-state index in [4.69, 9.17) is 5.11 Å². The number of hydrogen-bond donors (Lipinski definition) is 2. The monoisotopic (exact) mass is 307 g/mol. The van der Waals surface area contributed by atoms with Crippen LogP contribution in [0.4, 0.5) is 0 Å². The fraction of sp³-hybridized carbons (Fsp3) is 0.357. The van der Waals surface area contributed by atoms with Gasteiger partial charge in [-0.05, 0) is 26.3 Å². The molecule has 0 bridgehead atoms. The number of aryl methyl sites for hydroxylation is 2. The number of hydrogen-bond acceptors (Lipinski definition) is 4. The lowest BCUT2D eigenvalue weighted by Crippen LogP contribution is -2.40. The van der Waals surface area contributed by atoms with E-state index in [1.54, 1.807) is 22.9 Å². The van der Waals surface area contributed by atoms with E-state index in [0.29, 0.717) is 4.88 Å². The fourth-order valence-electron chi connectivity index (χ4n) is 2.04. The van der Waals surface area contributed by atoms with Crippen molar-refractivity contribution >= 4 is 33.4 Å². The molecule has 6 nitrogen and oxygen atoms in total. The summed E-state index contributed by atoms with van der Waals surface area (Å²) >= 11 is 1.31. The van der Waals surface area contributed by atoms with Crippen LogP contribution in [0.3, 0.4) is 0 Å². The van der Waals surface area contributed by atoms with Gasteiger partial charge in [-0.1, -0.05) is 12.2 Å². The van der Waals surface area contributed by atoms with Crippen molar-refractivity contribution in [3.05, 3.63) is 28.8 Å². The van der Waals surface area contributed by atoms with Gasteiger partial charge in [0.25, 0.3) is 5.91 Å². The first-order valence-electron chi connectivity index (χ1n) is 6.52. The summed E-state index contributed by atoms with van der Waals surface area (Å²) in [5, 5.41) is 16.9. The zero-order chi connectivity index (χ0) is 15.6. The number of carbonyl (C=O) groups is 2. The molecular weight excluding hydrogens is 290 g/mol. The number of rotatable bonds is 5. The molecule has 2 N–H and O–H groups in total. The molecule has 0 aliphatic rings. The van der Waals surface area contributed by atoms with E-state index in [2.05, 4.69) is 10.4 Å². The highest BCUT2D eigenvalue weighted by Crippen LogP contribution is 2.27. The summed E-state index contributed by atoms with van der Waals surface area (Å²) in [6, 6.07) is 0.838. The normalized spacial score (nSPS) is 12.9. The molecule has 2 heterocycles. The summed E-state index contributed by atoms with van der Waals surface area (Å²) in [6.45, 7) is 3.69. The molecule has 1 atom stereocenters. The van der Waals surface area contributed by atoms with Gasteiger partial charge in [-0.15, -0.1) is 11.3 Å². The smallest absolute Gasteiger partial charge is 0.326 e. The van der Waals surface area contributed by atoms with E-state index in [-0.39, 0.29) is 12.3 Å². The van der Waals surface area contributed by atoms with E-state index < -0.39 is 12.0 Å². The van der Waals surface area contributed by atoms with Gasteiger partial charge >= 0.3 is 5.97 Å². The summed E-state index contributed by atoms with van der Waals surface area (Å²) in [5.41, 5.74) is 0.853. The van der Waals surface area contributed by atoms with Crippen molar-refractivity contribution in [2.45, 2.75) is 26.3 Å². The standard InChI is InChI=1S/C14H17N3O3S/c1-4-5-6-10(14(19)20)15-12(18)11-7-9-8(2)16-17(3)13(9)21-11/h4-5,7,10H,6H2,1-3H3,(H,15,18)(H,19,20)/b5-4+. The second-order valence-electron chi connectivity index (χ2n) is 4.71. The van der Waals surface area contributed by atoms with Crippen LogP contribution in [0.1, 0.15) is 28.7 Å². The van der Waals surface area contributed by atoms with Crippen LogP contribution >= 0.6 is 11.3 Å². The lowest BCUT2D eigenvalue weighted by atomic mass is 10.2. The van der Waals surface area contributed by atoms with Crippen molar-refractivity contribution in [3.63, 3.8) is 0 Å². The van der Waals surface area contributed by atoms with Crippen LogP contribution in [-0.4, -0.2) is 32.8 Å². The summed E-state index contributed by atoms with van der Waals surface area (Å²) in [6.07, 6.45) is 3.75. The largest absolute Gasteiger partial charge is 0.480 e. The minimum atomic E-state index is -1.04. The SMILES string of the molecule is C/C=C/CC(NC(=O)c1cc2c(C)nn(C)c2s1)C(=O)O. The average molecular weight is 307 g/mol. The molecule has 2 rings (SSSR count). The zero-order valence-electron chi connectivity index (χ0n) is 12.1. The first-order chi connectivity index (χ1) is 9.93. The molecule has 7 heteroatoms. The van der Waals surface area contributed by atoms with E-state index in [0.717, 1.165) is 15.9 Å². The van der Waals surface area contributed by atoms with Crippen molar-refractivity contribution in [1.29, 1.82) is 0 Å². The molecule has 1 unspecified atom stereocenters. The van der Waals surface area contributed by atoms with Gasteiger partial charge in [-0.3, -0.25) is 9.48 Å². The van der Waals surface area contributed by atoms with Crippen molar-refractivity contribution in [3.8, 4) is 0 Å². The van der Waals surface area contributed by atoms with E-state index in [1.165, 1.54) is 11.3 Å². The minimum Gasteiger partial charge on any atom is -0.480 e. The Kier molecular flexibility index (Phi) is 4.42. The Balaban J connectivity index is 2.21. The third-order valence-electron chi connectivity index (χ3n) is 3.13. The average Bonchev–Trinajstić information content (AvgIpc) is 2.97. The highest BCUT2D eigenvalue weighted by Gasteiger charge is 2.21. The molecule has 0 radical (unpaired) electrons. The number of aromatic nitrogens is 2. The molecule has 21 heavy (non-hydrogen) atoms. The quantitative estimate of drug-likeness (QED) is 0.828. The minimum absolute atomic E-state index is 0.267. The predicted octanol–water partition coefficient (Wildman–Crippen LogP) is 2.09. The molecule has 2 aromatic heterocycles. The Bertz CT molecular complexity index is 680. The summed E-state index contributed by atoms with van der Waals surface area (Å²) in [4.78, 5) is 24.7. The van der Waals surface area contributed by atoms with Gasteiger partial charge < -0.3 is 10.4 Å². The maximum atomic E-state index is 12.2. The molecule has 0 fully saturated rings. The van der Waals surface area contributed by atoms with Gasteiger partial charge in [0.2, 0.25) is 0 Å². The third kappa shape index (κ3) is 3.13. The molecule has 0 aliphatic heterocycles. The molecule has 0 aliphatic carbocycles. The maximum absolute atomic E-state index is 12.2. The number of nitrogens with zero attached hydrogens (tertiary/aromatic N) is 2. The van der Waals surface area contributed by atoms with Crippen LogP contribution in [0.25, 0.3) is 10.2 Å². The Morgan fingerprint density at radius 1 is 1.57 bits per heavy atom. The zero-order valence-corrected chi connectivity index (χ0v) is 12.9. The van der Waals surface area contributed by atoms with Crippen molar-refractivity contribution in [2.24, 2.45) is 7.05 Å². The van der Waals surface area contributed by atoms with Crippen LogP contribution < -0.4 is 5.32 Å². The summed E-state index contributed by atoms with van der Waals surface area (Å²) < 4.78 is 1.72. The second-order valence-corrected chi connectivity index (χ2v) is 5.74. The maximum Gasteiger partial charge on any atom is 0.326 e. The Hall–Kier alpha value is -2.15. The highest BCUT2D eigenvalue weighted by molar-refractivity contribution is 7.20. The number of fused-ring (bicyclic) bond motifs is 1. The molecule has 0 saturated carbocycles. The van der Waals surface area contributed by atoms with Crippen molar-refractivity contribution < 1.29 is 14.7 Å². The number of allylic oxidation sites excluding steroid dienone is 1. The molecule has 0 spiro atoms. The highest BCUT2D eigenvalue weighted by atomic mass is 32.1. The van der Waals surface area contributed by atoms with Crippen LogP contribution in [-0.2, 0) is 11.8 Å². The molecule has 1 amide bonds. The number of amides is 1. The van der Waals surface area contributed by atoms with Crippen LogP contribution in [0.15, 0.2) is 18.2 Å². The number of thiophene rings is 1. The van der Waals surface area contributed by atoms with E-state index in [1.807, 2.05) is 20.9 Å². The van der Waals surface area contributed by atoms with Crippen molar-refractivity contribution in [2.75, 3.05) is 0 Å². The van der Waals surface area contributed by atoms with Crippen LogP contribution in [0.5, 0.6) is 0 Å². The van der Waals surface area contributed by atoms with Gasteiger partial charge in [0.1, 0.15) is 10.9 Å². The molecule has 112 valence electrons. The molecule has 0 saturated heterocycles. The van der Waals surface area contributed by atoms with Gasteiger partial charge in [-0.2, -0.15) is 5.10 Å². The van der Waals surface area contributed by atoms with Crippen LogP contribution in [0, 0.1) is 6.92 Å². The van der Waals surface area contributed by atoms with Gasteiger partial charge in [-0.25, -0.2) is 4.79 Å². The van der Waals surface area contributed by atoms with E-state index in [9.17, 15) is 9.59 Å². The topological polar surface area (TPSA) is 84.2 Å². The number of carboxylic acids is 1. The lowest BCUT2D eigenvalue weighted by molar-refractivity contribution is -0.139.